The lowest BCUT2D eigenvalue weighted by Crippen LogP contribution is -2.19. The smallest absolute Gasteiger partial charge is 0.331 e. The van der Waals surface area contributed by atoms with Crippen LogP contribution in [0.4, 0.5) is 0 Å². The van der Waals surface area contributed by atoms with Crippen LogP contribution in [0.3, 0.4) is 0 Å². The molecule has 0 aliphatic rings. The first kappa shape index (κ1) is 22.6. The van der Waals surface area contributed by atoms with Gasteiger partial charge in [0.2, 0.25) is 0 Å². The zero-order valence-electron chi connectivity index (χ0n) is 14.9. The molecule has 0 heterocycles. The summed E-state index contributed by atoms with van der Waals surface area (Å²) in [6, 6.07) is 0. The van der Waals surface area contributed by atoms with Crippen LogP contribution < -0.4 is 0 Å². The van der Waals surface area contributed by atoms with Crippen LogP contribution in [-0.2, 0) is 19.1 Å². The van der Waals surface area contributed by atoms with Gasteiger partial charge in [0.05, 0.1) is 12.2 Å². The first-order valence-electron chi connectivity index (χ1n) is 8.87. The SMILES string of the molecule is CCCCCC(O)COC(=O)/C=C/C(=O)OCC(O)CCCCC. The summed E-state index contributed by atoms with van der Waals surface area (Å²) in [7, 11) is 0. The molecule has 0 amide bonds. The number of aliphatic hydroxyl groups excluding tert-OH is 2. The van der Waals surface area contributed by atoms with Gasteiger partial charge in [-0.3, -0.25) is 0 Å². The zero-order valence-corrected chi connectivity index (χ0v) is 14.9. The van der Waals surface area contributed by atoms with Crippen molar-refractivity contribution in [3.63, 3.8) is 0 Å². The molecule has 2 atom stereocenters. The lowest BCUT2D eigenvalue weighted by molar-refractivity contribution is -0.143. The third-order valence-electron chi connectivity index (χ3n) is 3.47. The number of carbonyl (C=O) groups is 2. The molecule has 2 unspecified atom stereocenters. The van der Waals surface area contributed by atoms with Crippen molar-refractivity contribution >= 4 is 11.9 Å². The van der Waals surface area contributed by atoms with Gasteiger partial charge >= 0.3 is 11.9 Å². The van der Waals surface area contributed by atoms with Crippen LogP contribution in [0.5, 0.6) is 0 Å². The van der Waals surface area contributed by atoms with E-state index in [1.54, 1.807) is 0 Å². The van der Waals surface area contributed by atoms with Crippen molar-refractivity contribution in [2.45, 2.75) is 77.4 Å². The Morgan fingerprint density at radius 3 is 1.50 bits per heavy atom. The molecule has 0 saturated carbocycles. The van der Waals surface area contributed by atoms with E-state index in [1.165, 1.54) is 0 Å². The van der Waals surface area contributed by atoms with E-state index in [9.17, 15) is 19.8 Å². The van der Waals surface area contributed by atoms with Crippen molar-refractivity contribution in [3.8, 4) is 0 Å². The van der Waals surface area contributed by atoms with Gasteiger partial charge in [-0.05, 0) is 12.8 Å². The molecule has 2 N–H and O–H groups in total. The number of hydrogen-bond acceptors (Lipinski definition) is 6. The van der Waals surface area contributed by atoms with Gasteiger partial charge in [-0.1, -0.05) is 52.4 Å². The maximum Gasteiger partial charge on any atom is 0.331 e. The Bertz CT molecular complexity index is 333. The van der Waals surface area contributed by atoms with E-state index in [4.69, 9.17) is 9.47 Å². The number of esters is 2. The second-order valence-corrected chi connectivity index (χ2v) is 5.89. The van der Waals surface area contributed by atoms with Crippen LogP contribution in [0.2, 0.25) is 0 Å². The molecule has 0 radical (unpaired) electrons. The largest absolute Gasteiger partial charge is 0.460 e. The molecular weight excluding hydrogens is 312 g/mol. The van der Waals surface area contributed by atoms with E-state index >= 15 is 0 Å². The summed E-state index contributed by atoms with van der Waals surface area (Å²) in [5.74, 6) is -1.41. The van der Waals surface area contributed by atoms with Crippen LogP contribution in [-0.4, -0.2) is 47.6 Å². The van der Waals surface area contributed by atoms with E-state index in [2.05, 4.69) is 13.8 Å². The standard InChI is InChI=1S/C18H32O6/c1-3-5-7-9-15(19)13-23-17(21)11-12-18(22)24-14-16(20)10-8-6-4-2/h11-12,15-16,19-20H,3-10,13-14H2,1-2H3/b12-11+. The predicted molar refractivity (Wildman–Crippen MR) is 91.4 cm³/mol. The van der Waals surface area contributed by atoms with Crippen LogP contribution in [0.25, 0.3) is 0 Å². The Morgan fingerprint density at radius 2 is 1.17 bits per heavy atom. The van der Waals surface area contributed by atoms with Gasteiger partial charge < -0.3 is 19.7 Å². The molecule has 0 aromatic heterocycles. The number of unbranched alkanes of at least 4 members (excludes halogenated alkanes) is 4. The van der Waals surface area contributed by atoms with E-state index < -0.39 is 24.1 Å². The van der Waals surface area contributed by atoms with Gasteiger partial charge in [-0.2, -0.15) is 0 Å². The molecule has 24 heavy (non-hydrogen) atoms. The lowest BCUT2D eigenvalue weighted by Gasteiger charge is -2.10. The summed E-state index contributed by atoms with van der Waals surface area (Å²) < 4.78 is 9.69. The second-order valence-electron chi connectivity index (χ2n) is 5.89. The third kappa shape index (κ3) is 14.2. The highest BCUT2D eigenvalue weighted by Gasteiger charge is 2.09. The number of aliphatic hydroxyl groups is 2. The quantitative estimate of drug-likeness (QED) is 0.286. The molecule has 0 bridgehead atoms. The summed E-state index contributed by atoms with van der Waals surface area (Å²) in [5, 5.41) is 19.2. The van der Waals surface area contributed by atoms with Crippen molar-refractivity contribution in [1.29, 1.82) is 0 Å². The van der Waals surface area contributed by atoms with Gasteiger partial charge in [0.1, 0.15) is 13.2 Å². The van der Waals surface area contributed by atoms with E-state index in [-0.39, 0.29) is 13.2 Å². The minimum Gasteiger partial charge on any atom is -0.460 e. The van der Waals surface area contributed by atoms with Gasteiger partial charge in [0.15, 0.2) is 0 Å². The molecule has 0 aromatic carbocycles. The molecule has 6 heteroatoms. The minimum absolute atomic E-state index is 0.0852. The molecular formula is C18H32O6. The summed E-state index contributed by atoms with van der Waals surface area (Å²) in [6.07, 6.45) is 7.69. The lowest BCUT2D eigenvalue weighted by atomic mass is 10.1. The number of carbonyl (C=O) groups excluding carboxylic acids is 2. The molecule has 140 valence electrons. The maximum absolute atomic E-state index is 11.4. The first-order chi connectivity index (χ1) is 11.5. The molecule has 0 aromatic rings. The van der Waals surface area contributed by atoms with Gasteiger partial charge in [-0.25, -0.2) is 9.59 Å². The van der Waals surface area contributed by atoms with Crippen molar-refractivity contribution < 1.29 is 29.3 Å². The van der Waals surface area contributed by atoms with Gasteiger partial charge in [-0.15, -0.1) is 0 Å². The highest BCUT2D eigenvalue weighted by Crippen LogP contribution is 2.05. The normalized spacial score (nSPS) is 13.7. The maximum atomic E-state index is 11.4. The molecule has 0 aliphatic carbocycles. The highest BCUT2D eigenvalue weighted by molar-refractivity contribution is 5.91. The number of ether oxygens (including phenoxy) is 2. The van der Waals surface area contributed by atoms with Gasteiger partial charge in [0.25, 0.3) is 0 Å². The molecule has 0 spiro atoms. The van der Waals surface area contributed by atoms with E-state index in [1.807, 2.05) is 0 Å². The average molecular weight is 344 g/mol. The zero-order chi connectivity index (χ0) is 18.2. The summed E-state index contributed by atoms with van der Waals surface area (Å²) in [4.78, 5) is 22.8. The third-order valence-corrected chi connectivity index (χ3v) is 3.47. The molecule has 0 rings (SSSR count). The molecule has 0 fully saturated rings. The van der Waals surface area contributed by atoms with E-state index in [0.717, 1.165) is 50.7 Å². The average Bonchev–Trinajstić information content (AvgIpc) is 2.56. The van der Waals surface area contributed by atoms with E-state index in [0.29, 0.717) is 12.8 Å². The summed E-state index contributed by atoms with van der Waals surface area (Å²) in [6.45, 7) is 3.97. The molecule has 6 nitrogen and oxygen atoms in total. The highest BCUT2D eigenvalue weighted by atomic mass is 16.5. The van der Waals surface area contributed by atoms with Crippen LogP contribution in [0.1, 0.15) is 65.2 Å². The Hall–Kier alpha value is -1.40. The summed E-state index contributed by atoms with van der Waals surface area (Å²) in [5.41, 5.74) is 0. The van der Waals surface area contributed by atoms with Crippen molar-refractivity contribution in [3.05, 3.63) is 12.2 Å². The fourth-order valence-electron chi connectivity index (χ4n) is 2.02. The fraction of sp³-hybridized carbons (Fsp3) is 0.778. The van der Waals surface area contributed by atoms with Crippen molar-refractivity contribution in [2.24, 2.45) is 0 Å². The molecule has 0 saturated heterocycles. The Morgan fingerprint density at radius 1 is 0.792 bits per heavy atom. The Labute approximate surface area is 144 Å². The number of hydrogen-bond donors (Lipinski definition) is 2. The van der Waals surface area contributed by atoms with Gasteiger partial charge in [0, 0.05) is 12.2 Å². The van der Waals surface area contributed by atoms with Crippen LogP contribution in [0, 0.1) is 0 Å². The van der Waals surface area contributed by atoms with Crippen LogP contribution >= 0.6 is 0 Å². The summed E-state index contributed by atoms with van der Waals surface area (Å²) >= 11 is 0. The van der Waals surface area contributed by atoms with Crippen LogP contribution in [0.15, 0.2) is 12.2 Å². The Balaban J connectivity index is 3.81. The minimum atomic E-state index is -0.704. The monoisotopic (exact) mass is 344 g/mol. The predicted octanol–water partition coefficient (Wildman–Crippen LogP) is 2.51. The first-order valence-corrected chi connectivity index (χ1v) is 8.87. The Kier molecular flexibility index (Phi) is 14.3. The fourth-order valence-corrected chi connectivity index (χ4v) is 2.02. The molecule has 0 aliphatic heterocycles. The van der Waals surface area contributed by atoms with Crippen molar-refractivity contribution in [1.82, 2.24) is 0 Å². The second kappa shape index (κ2) is 15.1. The number of rotatable bonds is 14. The topological polar surface area (TPSA) is 93.1 Å². The van der Waals surface area contributed by atoms with Crippen molar-refractivity contribution in [2.75, 3.05) is 13.2 Å².